The van der Waals surface area contributed by atoms with Crippen molar-refractivity contribution in [3.63, 3.8) is 0 Å². The van der Waals surface area contributed by atoms with Crippen molar-refractivity contribution in [2.24, 2.45) is 5.16 Å². The number of hydrogen-bond donors (Lipinski definition) is 0. The Morgan fingerprint density at radius 1 is 1.12 bits per heavy atom. The van der Waals surface area contributed by atoms with Gasteiger partial charge in [0.2, 0.25) is 0 Å². The van der Waals surface area contributed by atoms with Crippen molar-refractivity contribution in [3.8, 4) is 0 Å². The monoisotopic (exact) mass is 290 g/mol. The number of pyridine rings is 1. The van der Waals surface area contributed by atoms with Crippen molar-refractivity contribution in [1.82, 2.24) is 0 Å². The van der Waals surface area contributed by atoms with Gasteiger partial charge in [-0.15, -0.1) is 0 Å². The van der Waals surface area contributed by atoms with E-state index in [0.717, 1.165) is 10.0 Å². The van der Waals surface area contributed by atoms with Crippen LogP contribution in [0.4, 0.5) is 0 Å². The summed E-state index contributed by atoms with van der Waals surface area (Å²) in [5.41, 5.74) is 1.37. The Labute approximate surface area is 108 Å². The highest BCUT2D eigenvalue weighted by molar-refractivity contribution is 9.10. The highest BCUT2D eigenvalue weighted by atomic mass is 79.9. The quantitative estimate of drug-likeness (QED) is 0.487. The van der Waals surface area contributed by atoms with E-state index < -0.39 is 0 Å². The smallest absolute Gasteiger partial charge is 0.190 e. The largest absolute Gasteiger partial charge is 0.792 e. The minimum Gasteiger partial charge on any atom is -0.792 e. The Balaban J connectivity index is 2.21. The van der Waals surface area contributed by atoms with Crippen molar-refractivity contribution in [2.75, 3.05) is 0 Å². The maximum absolute atomic E-state index is 10.9. The molecular weight excluding hydrogens is 280 g/mol. The normalized spacial score (nSPS) is 11.5. The Hall–Kier alpha value is -1.68. The third kappa shape index (κ3) is 3.14. The highest BCUT2D eigenvalue weighted by Crippen LogP contribution is 2.11. The second-order valence-corrected chi connectivity index (χ2v) is 4.51. The summed E-state index contributed by atoms with van der Waals surface area (Å²) in [5.74, 6) is 0. The highest BCUT2D eigenvalue weighted by Gasteiger charge is 2.07. The van der Waals surface area contributed by atoms with Gasteiger partial charge in [0.1, 0.15) is 5.71 Å². The second kappa shape index (κ2) is 5.59. The molecule has 0 N–H and O–H groups in total. The molecule has 3 nitrogen and oxygen atoms in total. The Morgan fingerprint density at radius 2 is 1.76 bits per heavy atom. The molecule has 0 spiro atoms. The topological polar surface area (TPSA) is 39.3 Å². The lowest BCUT2D eigenvalue weighted by Crippen LogP contribution is -2.37. The van der Waals surface area contributed by atoms with Gasteiger partial charge in [-0.1, -0.05) is 34.1 Å². The Kier molecular flexibility index (Phi) is 3.88. The molecule has 0 saturated heterocycles. The number of aromatic nitrogens is 1. The Morgan fingerprint density at radius 3 is 2.35 bits per heavy atom. The standard InChI is InChI=1S/C13H11BrN2O/c14-12-6-4-11(5-7-12)13(15-17)10-16-8-2-1-3-9-16/h1-9H,10H2/b15-13+. The lowest BCUT2D eigenvalue weighted by Gasteiger charge is -2.06. The Bertz CT molecular complexity index is 509. The minimum atomic E-state index is 0.478. The van der Waals surface area contributed by atoms with E-state index >= 15 is 0 Å². The van der Waals surface area contributed by atoms with Gasteiger partial charge in [0.15, 0.2) is 18.9 Å². The molecule has 2 rings (SSSR count). The van der Waals surface area contributed by atoms with E-state index in [4.69, 9.17) is 0 Å². The van der Waals surface area contributed by atoms with Gasteiger partial charge in [-0.3, -0.25) is 0 Å². The molecule has 0 aliphatic carbocycles. The first-order valence-corrected chi connectivity index (χ1v) is 5.98. The molecule has 0 atom stereocenters. The first-order valence-electron chi connectivity index (χ1n) is 5.19. The molecule has 0 aliphatic rings. The van der Waals surface area contributed by atoms with Gasteiger partial charge in [-0.2, -0.15) is 4.57 Å². The zero-order chi connectivity index (χ0) is 12.1. The maximum atomic E-state index is 10.9. The lowest BCUT2D eigenvalue weighted by atomic mass is 10.1. The number of rotatable bonds is 3. The predicted octanol–water partition coefficient (Wildman–Crippen LogP) is 2.72. The molecule has 17 heavy (non-hydrogen) atoms. The van der Waals surface area contributed by atoms with E-state index in [2.05, 4.69) is 21.1 Å². The van der Waals surface area contributed by atoms with Crippen LogP contribution in [0.25, 0.3) is 0 Å². The molecule has 2 aromatic rings. The van der Waals surface area contributed by atoms with Crippen LogP contribution >= 0.6 is 15.9 Å². The summed E-state index contributed by atoms with van der Waals surface area (Å²) in [5, 5.41) is 14.0. The maximum Gasteiger partial charge on any atom is 0.190 e. The van der Waals surface area contributed by atoms with Crippen LogP contribution in [0.5, 0.6) is 0 Å². The van der Waals surface area contributed by atoms with Crippen LogP contribution in [-0.2, 0) is 6.54 Å². The molecule has 0 amide bonds. The number of halogens is 1. The van der Waals surface area contributed by atoms with Gasteiger partial charge in [-0.25, -0.2) is 0 Å². The molecule has 1 heterocycles. The van der Waals surface area contributed by atoms with Gasteiger partial charge in [0.25, 0.3) is 0 Å². The molecule has 0 aliphatic heterocycles. The molecule has 0 fully saturated rings. The van der Waals surface area contributed by atoms with Crippen molar-refractivity contribution in [1.29, 1.82) is 0 Å². The number of hydrogen-bond acceptors (Lipinski definition) is 2. The van der Waals surface area contributed by atoms with E-state index in [1.165, 1.54) is 0 Å². The summed E-state index contributed by atoms with van der Waals surface area (Å²) >= 11 is 3.36. The summed E-state index contributed by atoms with van der Waals surface area (Å²) in [4.78, 5) is 0. The fraction of sp³-hybridized carbons (Fsp3) is 0.0769. The van der Waals surface area contributed by atoms with Crippen molar-refractivity contribution < 1.29 is 4.57 Å². The summed E-state index contributed by atoms with van der Waals surface area (Å²) in [6, 6.07) is 13.3. The first-order chi connectivity index (χ1) is 8.29. The average Bonchev–Trinajstić information content (AvgIpc) is 2.38. The van der Waals surface area contributed by atoms with Crippen molar-refractivity contribution in [3.05, 3.63) is 70.1 Å². The van der Waals surface area contributed by atoms with E-state index in [0.29, 0.717) is 12.3 Å². The fourth-order valence-electron chi connectivity index (χ4n) is 1.53. The summed E-state index contributed by atoms with van der Waals surface area (Å²) in [7, 11) is 0. The lowest BCUT2D eigenvalue weighted by molar-refractivity contribution is -0.681. The number of benzene rings is 1. The van der Waals surface area contributed by atoms with Gasteiger partial charge < -0.3 is 10.4 Å². The van der Waals surface area contributed by atoms with Crippen molar-refractivity contribution >= 4 is 21.6 Å². The molecule has 0 bridgehead atoms. The van der Waals surface area contributed by atoms with Gasteiger partial charge in [0, 0.05) is 22.2 Å². The van der Waals surface area contributed by atoms with Crippen LogP contribution < -0.4 is 4.57 Å². The van der Waals surface area contributed by atoms with E-state index in [1.807, 2.05) is 59.4 Å². The molecular formula is C13H11BrN2O. The van der Waals surface area contributed by atoms with Crippen molar-refractivity contribution in [2.45, 2.75) is 6.54 Å². The predicted molar refractivity (Wildman–Crippen MR) is 70.7 cm³/mol. The van der Waals surface area contributed by atoms with Crippen LogP contribution in [0.15, 0.2) is 64.5 Å². The van der Waals surface area contributed by atoms with Gasteiger partial charge in [-0.05, 0) is 12.1 Å². The minimum absolute atomic E-state index is 0.478. The fourth-order valence-corrected chi connectivity index (χ4v) is 1.79. The van der Waals surface area contributed by atoms with E-state index in [1.54, 1.807) is 0 Å². The average molecular weight is 291 g/mol. The van der Waals surface area contributed by atoms with Crippen LogP contribution in [0.3, 0.4) is 0 Å². The van der Waals surface area contributed by atoms with Crippen LogP contribution in [0, 0.1) is 5.21 Å². The third-order valence-electron chi connectivity index (χ3n) is 2.40. The van der Waals surface area contributed by atoms with Gasteiger partial charge in [0.05, 0.1) is 0 Å². The molecule has 0 saturated carbocycles. The molecule has 4 heteroatoms. The zero-order valence-electron chi connectivity index (χ0n) is 9.08. The van der Waals surface area contributed by atoms with Crippen LogP contribution in [-0.4, -0.2) is 5.71 Å². The molecule has 0 unspecified atom stereocenters. The molecule has 86 valence electrons. The summed E-state index contributed by atoms with van der Waals surface area (Å²) in [6.45, 7) is 0.478. The molecule has 1 aromatic heterocycles. The zero-order valence-corrected chi connectivity index (χ0v) is 10.7. The third-order valence-corrected chi connectivity index (χ3v) is 2.93. The number of nitrogens with zero attached hydrogens (tertiary/aromatic N) is 2. The molecule has 1 aromatic carbocycles. The first kappa shape index (κ1) is 11.8. The summed E-state index contributed by atoms with van der Waals surface area (Å²) in [6.07, 6.45) is 3.81. The SMILES string of the molecule is [O-]/N=C(\C[n+]1ccccc1)c1ccc(Br)cc1. The second-order valence-electron chi connectivity index (χ2n) is 3.59. The summed E-state index contributed by atoms with van der Waals surface area (Å²) < 4.78 is 2.90. The van der Waals surface area contributed by atoms with E-state index in [-0.39, 0.29) is 0 Å². The van der Waals surface area contributed by atoms with Crippen LogP contribution in [0.1, 0.15) is 5.56 Å². The molecule has 0 radical (unpaired) electrons. The van der Waals surface area contributed by atoms with E-state index in [9.17, 15) is 5.21 Å². The van der Waals surface area contributed by atoms with Crippen LogP contribution in [0.2, 0.25) is 0 Å². The van der Waals surface area contributed by atoms with Gasteiger partial charge >= 0.3 is 0 Å².